The predicted octanol–water partition coefficient (Wildman–Crippen LogP) is 3.78. The summed E-state index contributed by atoms with van der Waals surface area (Å²) in [5, 5.41) is 0. The first kappa shape index (κ1) is 19.0. The highest BCUT2D eigenvalue weighted by Gasteiger charge is 2.56. The molecule has 146 valence electrons. The summed E-state index contributed by atoms with van der Waals surface area (Å²) in [6.45, 7) is 2.53. The maximum absolute atomic E-state index is 11.7. The summed E-state index contributed by atoms with van der Waals surface area (Å²) in [4.78, 5) is 11.7. The summed E-state index contributed by atoms with van der Waals surface area (Å²) < 4.78 is 24.0. The molecule has 2 unspecified atom stereocenters. The topological polar surface area (TPSA) is 54.0 Å². The highest BCUT2D eigenvalue weighted by atomic mass is 16.8. The Morgan fingerprint density at radius 3 is 2.21 bits per heavy atom. The molecule has 2 aromatic carbocycles. The number of benzene rings is 2. The van der Waals surface area contributed by atoms with Crippen molar-refractivity contribution in [2.24, 2.45) is 0 Å². The van der Waals surface area contributed by atoms with Crippen molar-refractivity contribution in [2.75, 3.05) is 0 Å². The summed E-state index contributed by atoms with van der Waals surface area (Å²) in [6.07, 6.45) is 4.05. The molecule has 5 heteroatoms. The monoisotopic (exact) mass is 380 g/mol. The van der Waals surface area contributed by atoms with Gasteiger partial charge in [0, 0.05) is 6.42 Å². The van der Waals surface area contributed by atoms with E-state index in [0.717, 1.165) is 17.4 Å². The smallest absolute Gasteiger partial charge is 0.197 e. The zero-order valence-electron chi connectivity index (χ0n) is 15.8. The Balaban J connectivity index is 1.37. The first-order valence-electron chi connectivity index (χ1n) is 9.46. The van der Waals surface area contributed by atoms with Crippen LogP contribution in [0.3, 0.4) is 0 Å². The Morgan fingerprint density at radius 1 is 1.00 bits per heavy atom. The van der Waals surface area contributed by atoms with Crippen LogP contribution in [0.25, 0.3) is 0 Å². The quantitative estimate of drug-likeness (QED) is 0.541. The van der Waals surface area contributed by atoms with E-state index in [2.05, 4.69) is 0 Å². The largest absolute Gasteiger partial charge is 0.369 e. The number of ether oxygens (including phenoxy) is 4. The second-order valence-electron chi connectivity index (χ2n) is 7.36. The number of hydrogen-bond donors (Lipinski definition) is 0. The van der Waals surface area contributed by atoms with Gasteiger partial charge in [-0.15, -0.1) is 0 Å². The molecular formula is C23H24O5. The van der Waals surface area contributed by atoms with Crippen LogP contribution in [0.2, 0.25) is 0 Å². The maximum Gasteiger partial charge on any atom is 0.197 e. The van der Waals surface area contributed by atoms with Crippen molar-refractivity contribution >= 4 is 6.29 Å². The van der Waals surface area contributed by atoms with Gasteiger partial charge in [0.25, 0.3) is 0 Å². The van der Waals surface area contributed by atoms with Gasteiger partial charge in [-0.1, -0.05) is 66.7 Å². The number of aldehydes is 1. The van der Waals surface area contributed by atoms with Crippen LogP contribution < -0.4 is 0 Å². The predicted molar refractivity (Wildman–Crippen MR) is 103 cm³/mol. The Kier molecular flexibility index (Phi) is 5.42. The van der Waals surface area contributed by atoms with Gasteiger partial charge in [-0.25, -0.2) is 0 Å². The molecule has 2 aromatic rings. The molecule has 4 rings (SSSR count). The number of carbonyl (C=O) groups is 1. The van der Waals surface area contributed by atoms with Gasteiger partial charge in [0.05, 0.1) is 19.3 Å². The summed E-state index contributed by atoms with van der Waals surface area (Å²) in [7, 11) is 0. The molecule has 0 amide bonds. The normalized spacial score (nSPS) is 31.5. The molecule has 1 spiro atoms. The van der Waals surface area contributed by atoms with Crippen molar-refractivity contribution in [1.29, 1.82) is 0 Å². The molecule has 0 radical (unpaired) electrons. The van der Waals surface area contributed by atoms with Crippen LogP contribution in [0.4, 0.5) is 0 Å². The van der Waals surface area contributed by atoms with Gasteiger partial charge in [0.15, 0.2) is 24.0 Å². The number of carbonyl (C=O) groups excluding carboxylic acids is 1. The molecular weight excluding hydrogens is 356 g/mol. The van der Waals surface area contributed by atoms with E-state index in [9.17, 15) is 4.79 Å². The molecule has 4 atom stereocenters. The molecule has 28 heavy (non-hydrogen) atoms. The highest BCUT2D eigenvalue weighted by Crippen LogP contribution is 2.43. The molecule has 5 nitrogen and oxygen atoms in total. The number of rotatable bonds is 7. The molecule has 1 aliphatic carbocycles. The molecule has 1 fully saturated rings. The molecule has 2 aliphatic rings. The zero-order valence-corrected chi connectivity index (χ0v) is 15.8. The van der Waals surface area contributed by atoms with E-state index < -0.39 is 17.7 Å². The summed E-state index contributed by atoms with van der Waals surface area (Å²) >= 11 is 0. The highest BCUT2D eigenvalue weighted by molar-refractivity contribution is 5.63. The molecule has 1 saturated heterocycles. The van der Waals surface area contributed by atoms with E-state index in [1.807, 2.05) is 72.8 Å². The van der Waals surface area contributed by atoms with E-state index in [1.54, 1.807) is 6.92 Å². The van der Waals surface area contributed by atoms with Crippen molar-refractivity contribution in [3.05, 3.63) is 83.9 Å². The molecule has 1 heterocycles. The van der Waals surface area contributed by atoms with E-state index in [4.69, 9.17) is 18.9 Å². The third-order valence-corrected chi connectivity index (χ3v) is 5.00. The second-order valence-corrected chi connectivity index (χ2v) is 7.36. The van der Waals surface area contributed by atoms with Crippen LogP contribution >= 0.6 is 0 Å². The first-order chi connectivity index (χ1) is 13.6. The summed E-state index contributed by atoms with van der Waals surface area (Å²) in [5.74, 6) is -1.00. The van der Waals surface area contributed by atoms with Crippen LogP contribution in [0.15, 0.2) is 72.8 Å². The lowest BCUT2D eigenvalue weighted by Crippen LogP contribution is -2.40. The van der Waals surface area contributed by atoms with Crippen LogP contribution in [0.5, 0.6) is 0 Å². The average Bonchev–Trinajstić information content (AvgIpc) is 3.26. The van der Waals surface area contributed by atoms with Crippen LogP contribution in [-0.4, -0.2) is 30.1 Å². The lowest BCUT2D eigenvalue weighted by atomic mass is 10.1. The third-order valence-electron chi connectivity index (χ3n) is 5.00. The van der Waals surface area contributed by atoms with Crippen molar-refractivity contribution in [2.45, 2.75) is 50.3 Å². The first-order valence-corrected chi connectivity index (χ1v) is 9.46. The lowest BCUT2D eigenvalue weighted by molar-refractivity contribution is -0.194. The summed E-state index contributed by atoms with van der Waals surface area (Å²) in [6, 6.07) is 19.8. The van der Waals surface area contributed by atoms with Gasteiger partial charge in [-0.3, -0.25) is 4.79 Å². The minimum absolute atomic E-state index is 0.149. The lowest BCUT2D eigenvalue weighted by Gasteiger charge is -2.23. The van der Waals surface area contributed by atoms with E-state index in [1.165, 1.54) is 0 Å². The average molecular weight is 380 g/mol. The fourth-order valence-electron chi connectivity index (χ4n) is 3.49. The zero-order chi connectivity index (χ0) is 19.5. The SMILES string of the molecule is CC1(C=O)O[C@]2(C=C[C@H](OCc3ccccc3)C2)OC1OCc1ccccc1. The van der Waals surface area contributed by atoms with Crippen LogP contribution in [0, 0.1) is 0 Å². The molecule has 0 N–H and O–H groups in total. The summed E-state index contributed by atoms with van der Waals surface area (Å²) in [5.41, 5.74) is 0.936. The Bertz CT molecular complexity index is 821. The van der Waals surface area contributed by atoms with Gasteiger partial charge in [0.2, 0.25) is 0 Å². The second kappa shape index (κ2) is 7.97. The van der Waals surface area contributed by atoms with Gasteiger partial charge in [0.1, 0.15) is 0 Å². The molecule has 0 aromatic heterocycles. The van der Waals surface area contributed by atoms with Gasteiger partial charge < -0.3 is 18.9 Å². The minimum Gasteiger partial charge on any atom is -0.369 e. The standard InChI is InChI=1S/C23H24O5/c1-22(17-24)21(26-16-19-10-6-3-7-11-19)27-23(28-22)13-12-20(14-23)25-15-18-8-4-2-5-9-18/h2-13,17,20-21H,14-16H2,1H3/t20-,21?,22?,23-/m0/s1. The minimum atomic E-state index is -1.17. The van der Waals surface area contributed by atoms with Crippen LogP contribution in [0.1, 0.15) is 24.5 Å². The van der Waals surface area contributed by atoms with Gasteiger partial charge in [-0.2, -0.15) is 0 Å². The Labute approximate surface area is 164 Å². The molecule has 0 bridgehead atoms. The fourth-order valence-corrected chi connectivity index (χ4v) is 3.49. The Morgan fingerprint density at radius 2 is 1.61 bits per heavy atom. The van der Waals surface area contributed by atoms with Crippen molar-refractivity contribution in [3.63, 3.8) is 0 Å². The van der Waals surface area contributed by atoms with Crippen molar-refractivity contribution < 1.29 is 23.7 Å². The van der Waals surface area contributed by atoms with Crippen molar-refractivity contribution in [1.82, 2.24) is 0 Å². The van der Waals surface area contributed by atoms with E-state index >= 15 is 0 Å². The Hall–Kier alpha value is -2.31. The van der Waals surface area contributed by atoms with Gasteiger partial charge in [-0.05, 0) is 24.1 Å². The molecule has 1 aliphatic heterocycles. The van der Waals surface area contributed by atoms with Crippen LogP contribution in [-0.2, 0) is 37.0 Å². The van der Waals surface area contributed by atoms with E-state index in [0.29, 0.717) is 19.6 Å². The third kappa shape index (κ3) is 4.08. The van der Waals surface area contributed by atoms with E-state index in [-0.39, 0.29) is 6.10 Å². The molecule has 0 saturated carbocycles. The maximum atomic E-state index is 11.7. The fraction of sp³-hybridized carbons (Fsp3) is 0.348. The number of hydrogen-bond acceptors (Lipinski definition) is 5. The van der Waals surface area contributed by atoms with Gasteiger partial charge >= 0.3 is 0 Å². The van der Waals surface area contributed by atoms with Crippen molar-refractivity contribution in [3.8, 4) is 0 Å².